The van der Waals surface area contributed by atoms with Gasteiger partial charge in [0.1, 0.15) is 29.0 Å². The molecule has 0 unspecified atom stereocenters. The number of carbonyl (C=O) groups excluding carboxylic acids is 1. The predicted molar refractivity (Wildman–Crippen MR) is 138 cm³/mol. The van der Waals surface area contributed by atoms with Crippen LogP contribution in [0.4, 0.5) is 14.9 Å². The van der Waals surface area contributed by atoms with Gasteiger partial charge < -0.3 is 29.5 Å². The number of aromatic nitrogens is 1. The normalized spacial score (nSPS) is 14.9. The molecule has 1 saturated heterocycles. The first kappa shape index (κ1) is 26.4. The number of benzene rings is 2. The Hall–Kier alpha value is -3.69. The van der Waals surface area contributed by atoms with E-state index in [4.69, 9.17) is 9.47 Å². The minimum Gasteiger partial charge on any atom is -0.457 e. The lowest BCUT2D eigenvalue weighted by atomic mass is 10.1. The Morgan fingerprint density at radius 2 is 1.59 bits per heavy atom. The largest absolute Gasteiger partial charge is 0.457 e. The van der Waals surface area contributed by atoms with E-state index in [-0.39, 0.29) is 11.9 Å². The number of hydrogen-bond donors (Lipinski definition) is 2. The molecule has 3 aromatic rings. The average molecular weight is 510 g/mol. The zero-order chi connectivity index (χ0) is 26.6. The van der Waals surface area contributed by atoms with Crippen molar-refractivity contribution >= 4 is 11.8 Å². The summed E-state index contributed by atoms with van der Waals surface area (Å²) in [6.45, 7) is 7.25. The average Bonchev–Trinajstić information content (AvgIpc) is 2.89. The molecular formula is C28H32FN3O5. The van der Waals surface area contributed by atoms with Crippen molar-refractivity contribution in [3.05, 3.63) is 72.2 Å². The van der Waals surface area contributed by atoms with Crippen LogP contribution < -0.4 is 9.64 Å². The van der Waals surface area contributed by atoms with Gasteiger partial charge in [-0.05, 0) is 81.4 Å². The van der Waals surface area contributed by atoms with Crippen molar-refractivity contribution in [1.82, 2.24) is 9.88 Å². The Kier molecular flexibility index (Phi) is 7.94. The van der Waals surface area contributed by atoms with Crippen LogP contribution in [0.15, 0.2) is 60.7 Å². The fourth-order valence-electron chi connectivity index (χ4n) is 3.94. The summed E-state index contributed by atoms with van der Waals surface area (Å²) in [6.07, 6.45) is -1.45. The van der Waals surface area contributed by atoms with Gasteiger partial charge in [-0.2, -0.15) is 0 Å². The number of halogens is 1. The number of hydrogen-bond acceptors (Lipinski definition) is 7. The molecule has 8 nitrogen and oxygen atoms in total. The van der Waals surface area contributed by atoms with Crippen LogP contribution in [-0.4, -0.2) is 64.6 Å². The maximum Gasteiger partial charge on any atom is 0.410 e. The second-order valence-electron chi connectivity index (χ2n) is 9.87. The first-order valence-corrected chi connectivity index (χ1v) is 12.2. The van der Waals surface area contributed by atoms with Crippen LogP contribution in [0.3, 0.4) is 0 Å². The summed E-state index contributed by atoms with van der Waals surface area (Å²) in [4.78, 5) is 20.8. The highest BCUT2D eigenvalue weighted by Gasteiger charge is 2.26. The molecule has 1 atom stereocenters. The van der Waals surface area contributed by atoms with Gasteiger partial charge in [0.25, 0.3) is 0 Å². The molecule has 0 bridgehead atoms. The highest BCUT2D eigenvalue weighted by Crippen LogP contribution is 2.30. The topological polar surface area (TPSA) is 95.4 Å². The summed E-state index contributed by atoms with van der Waals surface area (Å²) < 4.78 is 24.4. The maximum atomic E-state index is 13.1. The highest BCUT2D eigenvalue weighted by atomic mass is 19.1. The van der Waals surface area contributed by atoms with Gasteiger partial charge in [-0.1, -0.05) is 0 Å². The number of piperazine rings is 1. The quantitative estimate of drug-likeness (QED) is 0.495. The van der Waals surface area contributed by atoms with Gasteiger partial charge in [0.15, 0.2) is 0 Å². The van der Waals surface area contributed by atoms with Crippen LogP contribution in [0.1, 0.15) is 32.6 Å². The Balaban J connectivity index is 1.52. The van der Waals surface area contributed by atoms with Crippen molar-refractivity contribution in [2.75, 3.05) is 37.7 Å². The summed E-state index contributed by atoms with van der Waals surface area (Å²) in [5, 5.41) is 19.9. The van der Waals surface area contributed by atoms with Crippen LogP contribution in [0.5, 0.6) is 11.5 Å². The number of rotatable bonds is 6. The lowest BCUT2D eigenvalue weighted by molar-refractivity contribution is 0.0240. The van der Waals surface area contributed by atoms with Gasteiger partial charge in [0.05, 0.1) is 18.0 Å². The van der Waals surface area contributed by atoms with E-state index < -0.39 is 18.3 Å². The van der Waals surface area contributed by atoms with Gasteiger partial charge in [-0.3, -0.25) is 0 Å². The first-order valence-electron chi connectivity index (χ1n) is 12.2. The Bertz CT molecular complexity index is 1200. The monoisotopic (exact) mass is 509 g/mol. The molecule has 2 N–H and O–H groups in total. The zero-order valence-corrected chi connectivity index (χ0v) is 21.2. The fraction of sp³-hybridized carbons (Fsp3) is 0.357. The van der Waals surface area contributed by atoms with Crippen LogP contribution in [0.2, 0.25) is 0 Å². The van der Waals surface area contributed by atoms with Gasteiger partial charge in [0.2, 0.25) is 0 Å². The summed E-state index contributed by atoms with van der Waals surface area (Å²) in [5.41, 5.74) is 2.07. The number of nitrogens with zero attached hydrogens (tertiary/aromatic N) is 3. The molecule has 2 heterocycles. The number of carbonyl (C=O) groups is 1. The minimum atomic E-state index is -1.12. The summed E-state index contributed by atoms with van der Waals surface area (Å²) >= 11 is 0. The second-order valence-corrected chi connectivity index (χ2v) is 9.87. The standard InChI is InChI=1S/C28H32FN3O5/c1-28(2,3)37-27(35)32-14-12-31(13-15-32)21-16-24(30-25(17-21)26(34)18-33)19-4-8-22(9-5-19)36-23-10-6-20(29)7-11-23/h4-11,16-17,26,33-34H,12-15,18H2,1-3H3/t26-/m0/s1. The van der Waals surface area contributed by atoms with E-state index in [1.54, 1.807) is 35.2 Å². The summed E-state index contributed by atoms with van der Waals surface area (Å²) in [7, 11) is 0. The maximum absolute atomic E-state index is 13.1. The SMILES string of the molecule is CC(C)(C)OC(=O)N1CCN(c2cc(-c3ccc(Oc4ccc(F)cc4)cc3)nc([C@@H](O)CO)c2)CC1. The molecule has 0 radical (unpaired) electrons. The predicted octanol–water partition coefficient (Wildman–Crippen LogP) is 4.76. The van der Waals surface area contributed by atoms with Gasteiger partial charge in [0, 0.05) is 37.4 Å². The molecule has 1 amide bonds. The molecule has 1 aliphatic rings. The smallest absolute Gasteiger partial charge is 0.410 e. The molecule has 1 fully saturated rings. The number of ether oxygens (including phenoxy) is 2. The number of anilines is 1. The number of aliphatic hydroxyl groups is 2. The van der Waals surface area contributed by atoms with E-state index >= 15 is 0 Å². The van der Waals surface area contributed by atoms with E-state index in [1.165, 1.54) is 12.1 Å². The Morgan fingerprint density at radius 1 is 1.00 bits per heavy atom. The fourth-order valence-corrected chi connectivity index (χ4v) is 3.94. The third-order valence-electron chi connectivity index (χ3n) is 5.84. The van der Waals surface area contributed by atoms with Crippen LogP contribution in [0, 0.1) is 5.82 Å². The van der Waals surface area contributed by atoms with Crippen molar-refractivity contribution in [2.45, 2.75) is 32.5 Å². The van der Waals surface area contributed by atoms with Crippen molar-refractivity contribution in [3.8, 4) is 22.8 Å². The molecule has 1 aliphatic heterocycles. The molecule has 9 heteroatoms. The lowest BCUT2D eigenvalue weighted by Crippen LogP contribution is -2.50. The molecule has 0 aliphatic carbocycles. The zero-order valence-electron chi connectivity index (χ0n) is 21.2. The van der Waals surface area contributed by atoms with E-state index in [1.807, 2.05) is 39.0 Å². The molecule has 0 spiro atoms. The van der Waals surface area contributed by atoms with E-state index in [9.17, 15) is 19.4 Å². The second kappa shape index (κ2) is 11.1. The molecule has 4 rings (SSSR count). The summed E-state index contributed by atoms with van der Waals surface area (Å²) in [5.74, 6) is 0.773. The lowest BCUT2D eigenvalue weighted by Gasteiger charge is -2.37. The number of aliphatic hydroxyl groups excluding tert-OH is 2. The third kappa shape index (κ3) is 6.96. The number of pyridine rings is 1. The summed E-state index contributed by atoms with van der Waals surface area (Å²) in [6, 6.07) is 16.7. The molecular weight excluding hydrogens is 477 g/mol. The van der Waals surface area contributed by atoms with Crippen molar-refractivity contribution < 1.29 is 28.9 Å². The van der Waals surface area contributed by atoms with Crippen molar-refractivity contribution in [3.63, 3.8) is 0 Å². The van der Waals surface area contributed by atoms with Crippen LogP contribution in [-0.2, 0) is 4.74 Å². The van der Waals surface area contributed by atoms with Gasteiger partial charge in [-0.25, -0.2) is 14.2 Å². The van der Waals surface area contributed by atoms with Crippen LogP contribution >= 0.6 is 0 Å². The van der Waals surface area contributed by atoms with E-state index in [0.29, 0.717) is 49.1 Å². The van der Waals surface area contributed by atoms with Crippen LogP contribution in [0.25, 0.3) is 11.3 Å². The number of amides is 1. The third-order valence-corrected chi connectivity index (χ3v) is 5.84. The Labute approximate surface area is 215 Å². The molecule has 37 heavy (non-hydrogen) atoms. The van der Waals surface area contributed by atoms with E-state index in [2.05, 4.69) is 9.88 Å². The molecule has 0 saturated carbocycles. The van der Waals surface area contributed by atoms with Gasteiger partial charge >= 0.3 is 6.09 Å². The Morgan fingerprint density at radius 3 is 2.16 bits per heavy atom. The molecule has 2 aromatic carbocycles. The first-order chi connectivity index (χ1) is 17.6. The molecule has 1 aromatic heterocycles. The van der Waals surface area contributed by atoms with Crippen molar-refractivity contribution in [1.29, 1.82) is 0 Å². The minimum absolute atomic E-state index is 0.332. The van der Waals surface area contributed by atoms with Crippen molar-refractivity contribution in [2.24, 2.45) is 0 Å². The van der Waals surface area contributed by atoms with Gasteiger partial charge in [-0.15, -0.1) is 0 Å². The highest BCUT2D eigenvalue weighted by molar-refractivity contribution is 5.69. The van der Waals surface area contributed by atoms with E-state index in [0.717, 1.165) is 11.3 Å². The molecule has 196 valence electrons.